The number of halogens is 1. The Hall–Kier alpha value is -1.33. The minimum Gasteiger partial charge on any atom is -0.425 e. The van der Waals surface area contributed by atoms with E-state index in [4.69, 9.17) is 9.47 Å². The summed E-state index contributed by atoms with van der Waals surface area (Å²) in [7, 11) is 0. The zero-order valence-corrected chi connectivity index (χ0v) is 9.79. The number of nitrogens with one attached hydrogen (secondary N) is 1. The molecule has 1 unspecified atom stereocenters. The van der Waals surface area contributed by atoms with Crippen molar-refractivity contribution in [2.75, 3.05) is 13.2 Å². The van der Waals surface area contributed by atoms with E-state index in [0.717, 1.165) is 0 Å². The number of esters is 1. The molecule has 1 atom stereocenters. The molecule has 16 heavy (non-hydrogen) atoms. The van der Waals surface area contributed by atoms with E-state index >= 15 is 0 Å². The number of alkyl halides is 1. The van der Waals surface area contributed by atoms with Crippen LogP contribution < -0.4 is 5.32 Å². The highest BCUT2D eigenvalue weighted by Crippen LogP contribution is 2.01. The van der Waals surface area contributed by atoms with Crippen LogP contribution in [0.25, 0.3) is 0 Å². The van der Waals surface area contributed by atoms with Crippen LogP contribution in [-0.4, -0.2) is 31.6 Å². The molecule has 0 rings (SSSR count). The van der Waals surface area contributed by atoms with Gasteiger partial charge < -0.3 is 14.8 Å². The molecule has 0 saturated heterocycles. The molecule has 0 aromatic rings. The Morgan fingerprint density at radius 2 is 1.88 bits per heavy atom. The molecule has 0 aliphatic rings. The first-order valence-electron chi connectivity index (χ1n) is 5.18. The van der Waals surface area contributed by atoms with Gasteiger partial charge in [0.05, 0.1) is 12.6 Å². The molecule has 0 heterocycles. The second kappa shape index (κ2) is 7.90. The molecule has 6 heteroatoms. The lowest BCUT2D eigenvalue weighted by atomic mass is 10.2. The number of rotatable bonds is 6. The summed E-state index contributed by atoms with van der Waals surface area (Å²) < 4.78 is 21.2. The van der Waals surface area contributed by atoms with Crippen molar-refractivity contribution >= 4 is 12.1 Å². The van der Waals surface area contributed by atoms with E-state index in [0.29, 0.717) is 0 Å². The average Bonchev–Trinajstić information content (AvgIpc) is 2.17. The van der Waals surface area contributed by atoms with Gasteiger partial charge in [0.2, 0.25) is 6.29 Å². The Balaban J connectivity index is 3.73. The maximum atomic E-state index is 11.7. The number of alkyl carbamates (subject to hydrolysis) is 1. The lowest BCUT2D eigenvalue weighted by molar-refractivity contribution is -0.168. The predicted molar refractivity (Wildman–Crippen MR) is 55.5 cm³/mol. The molecular weight excluding hydrogens is 217 g/mol. The fourth-order valence-electron chi connectivity index (χ4n) is 0.773. The SMILES string of the molecule is CC(OC(=O)NCCCF)OC(=O)C(C)C. The Morgan fingerprint density at radius 1 is 1.25 bits per heavy atom. The number of amides is 1. The van der Waals surface area contributed by atoms with Crippen LogP contribution in [0.2, 0.25) is 0 Å². The molecular formula is C10H18FNO4. The monoisotopic (exact) mass is 235 g/mol. The van der Waals surface area contributed by atoms with E-state index in [1.165, 1.54) is 6.92 Å². The quantitative estimate of drug-likeness (QED) is 0.431. The van der Waals surface area contributed by atoms with Crippen LogP contribution in [0.15, 0.2) is 0 Å². The maximum absolute atomic E-state index is 11.7. The number of hydrogen-bond acceptors (Lipinski definition) is 4. The first kappa shape index (κ1) is 14.7. The Morgan fingerprint density at radius 3 is 2.38 bits per heavy atom. The molecule has 0 saturated carbocycles. The minimum atomic E-state index is -0.944. The molecule has 5 nitrogen and oxygen atoms in total. The lowest BCUT2D eigenvalue weighted by Crippen LogP contribution is -2.31. The van der Waals surface area contributed by atoms with Crippen LogP contribution in [0.1, 0.15) is 27.2 Å². The van der Waals surface area contributed by atoms with Crippen molar-refractivity contribution in [1.29, 1.82) is 0 Å². The molecule has 0 aliphatic carbocycles. The average molecular weight is 235 g/mol. The highest BCUT2D eigenvalue weighted by atomic mass is 19.1. The van der Waals surface area contributed by atoms with Crippen molar-refractivity contribution in [3.05, 3.63) is 0 Å². The summed E-state index contributed by atoms with van der Waals surface area (Å²) in [6.07, 6.45) is -1.44. The van der Waals surface area contributed by atoms with Gasteiger partial charge in [-0.05, 0) is 6.42 Å². The molecule has 0 radical (unpaired) electrons. The largest absolute Gasteiger partial charge is 0.425 e. The highest BCUT2D eigenvalue weighted by Gasteiger charge is 2.15. The molecule has 0 aromatic carbocycles. The molecule has 94 valence electrons. The topological polar surface area (TPSA) is 64.6 Å². The van der Waals surface area contributed by atoms with Gasteiger partial charge >= 0.3 is 12.1 Å². The van der Waals surface area contributed by atoms with Gasteiger partial charge in [0.1, 0.15) is 0 Å². The van der Waals surface area contributed by atoms with Gasteiger partial charge in [0, 0.05) is 13.5 Å². The Bertz CT molecular complexity index is 233. The van der Waals surface area contributed by atoms with Gasteiger partial charge in [-0.15, -0.1) is 0 Å². The van der Waals surface area contributed by atoms with Crippen molar-refractivity contribution in [1.82, 2.24) is 5.32 Å². The number of hydrogen-bond donors (Lipinski definition) is 1. The first-order valence-corrected chi connectivity index (χ1v) is 5.18. The van der Waals surface area contributed by atoms with Gasteiger partial charge in [-0.1, -0.05) is 13.8 Å². The van der Waals surface area contributed by atoms with Crippen LogP contribution in [0.5, 0.6) is 0 Å². The standard InChI is InChI=1S/C10H18FNO4/c1-7(2)9(13)15-8(3)16-10(14)12-6-4-5-11/h7-8H,4-6H2,1-3H3,(H,12,14). The van der Waals surface area contributed by atoms with Crippen molar-refractivity contribution in [3.8, 4) is 0 Å². The van der Waals surface area contributed by atoms with Crippen molar-refractivity contribution < 1.29 is 23.5 Å². The number of ether oxygens (including phenoxy) is 2. The smallest absolute Gasteiger partial charge is 0.410 e. The normalized spacial score (nSPS) is 12.1. The Kier molecular flexibility index (Phi) is 7.24. The fraction of sp³-hybridized carbons (Fsp3) is 0.800. The van der Waals surface area contributed by atoms with Crippen LogP contribution in [-0.2, 0) is 14.3 Å². The fourth-order valence-corrected chi connectivity index (χ4v) is 0.773. The van der Waals surface area contributed by atoms with Crippen molar-refractivity contribution in [3.63, 3.8) is 0 Å². The summed E-state index contributed by atoms with van der Waals surface area (Å²) in [4.78, 5) is 22.1. The molecule has 1 amide bonds. The third kappa shape index (κ3) is 7.03. The Labute approximate surface area is 94.3 Å². The van der Waals surface area contributed by atoms with E-state index in [1.807, 2.05) is 0 Å². The first-order chi connectivity index (χ1) is 7.47. The van der Waals surface area contributed by atoms with E-state index in [1.54, 1.807) is 13.8 Å². The zero-order valence-electron chi connectivity index (χ0n) is 9.79. The molecule has 0 spiro atoms. The van der Waals surface area contributed by atoms with E-state index < -0.39 is 25.0 Å². The molecule has 0 fully saturated rings. The lowest BCUT2D eigenvalue weighted by Gasteiger charge is -2.15. The predicted octanol–water partition coefficient (Wildman–Crippen LogP) is 1.62. The number of carbonyl (C=O) groups is 2. The third-order valence-corrected chi connectivity index (χ3v) is 1.61. The van der Waals surface area contributed by atoms with Crippen molar-refractivity contribution in [2.24, 2.45) is 5.92 Å². The van der Waals surface area contributed by atoms with Gasteiger partial charge in [-0.3, -0.25) is 9.18 Å². The molecule has 0 bridgehead atoms. The molecule has 0 aromatic heterocycles. The summed E-state index contributed by atoms with van der Waals surface area (Å²) >= 11 is 0. The van der Waals surface area contributed by atoms with Gasteiger partial charge in [-0.25, -0.2) is 4.79 Å². The summed E-state index contributed by atoms with van der Waals surface area (Å²) in [6.45, 7) is 4.49. The summed E-state index contributed by atoms with van der Waals surface area (Å²) in [6, 6.07) is 0. The van der Waals surface area contributed by atoms with Crippen LogP contribution in [0.3, 0.4) is 0 Å². The number of carbonyl (C=O) groups excluding carboxylic acids is 2. The summed E-state index contributed by atoms with van der Waals surface area (Å²) in [5.41, 5.74) is 0. The summed E-state index contributed by atoms with van der Waals surface area (Å²) in [5, 5.41) is 2.32. The van der Waals surface area contributed by atoms with E-state index in [2.05, 4.69) is 5.32 Å². The molecule has 0 aliphatic heterocycles. The van der Waals surface area contributed by atoms with Gasteiger partial charge in [0.15, 0.2) is 0 Å². The van der Waals surface area contributed by atoms with E-state index in [9.17, 15) is 14.0 Å². The van der Waals surface area contributed by atoms with Gasteiger partial charge in [0.25, 0.3) is 0 Å². The highest BCUT2D eigenvalue weighted by molar-refractivity contribution is 5.72. The van der Waals surface area contributed by atoms with Crippen LogP contribution in [0.4, 0.5) is 9.18 Å². The second-order valence-electron chi connectivity index (χ2n) is 3.53. The van der Waals surface area contributed by atoms with Crippen LogP contribution in [0, 0.1) is 5.92 Å². The zero-order chi connectivity index (χ0) is 12.6. The van der Waals surface area contributed by atoms with Crippen LogP contribution >= 0.6 is 0 Å². The van der Waals surface area contributed by atoms with Crippen molar-refractivity contribution in [2.45, 2.75) is 33.5 Å². The van der Waals surface area contributed by atoms with E-state index in [-0.39, 0.29) is 18.9 Å². The third-order valence-electron chi connectivity index (χ3n) is 1.61. The molecule has 1 N–H and O–H groups in total. The second-order valence-corrected chi connectivity index (χ2v) is 3.53. The maximum Gasteiger partial charge on any atom is 0.410 e. The van der Waals surface area contributed by atoms with Gasteiger partial charge in [-0.2, -0.15) is 0 Å². The summed E-state index contributed by atoms with van der Waals surface area (Å²) in [5.74, 6) is -0.718. The minimum absolute atomic E-state index is 0.195.